The Kier molecular flexibility index (Phi) is 14.3. The first-order chi connectivity index (χ1) is 28.3. The second kappa shape index (κ2) is 19.4. The van der Waals surface area contributed by atoms with Gasteiger partial charge in [0.05, 0.1) is 6.54 Å². The van der Waals surface area contributed by atoms with Crippen molar-refractivity contribution in [1.82, 2.24) is 40.9 Å². The molecule has 5 fully saturated rings. The Hall–Kier alpha value is -5.02. The van der Waals surface area contributed by atoms with E-state index in [9.17, 15) is 38.4 Å². The van der Waals surface area contributed by atoms with Gasteiger partial charge in [-0.3, -0.25) is 38.4 Å². The molecule has 0 saturated carbocycles. The minimum atomic E-state index is -1.07. The maximum Gasteiger partial charge on any atom is 0.246 e. The second-order valence-electron chi connectivity index (χ2n) is 17.3. The maximum atomic E-state index is 14.6. The lowest BCUT2D eigenvalue weighted by Crippen LogP contribution is -2.61. The van der Waals surface area contributed by atoms with E-state index in [-0.39, 0.29) is 36.6 Å². The highest BCUT2D eigenvalue weighted by atomic mass is 16.2. The standard InChI is InChI=1S/C43H62N8O8/c1-5-27(4)36-39(55)46-30(24-28-13-7-6-8-14-28)41(57)51-22-12-17-33(51)42(58)48-19-9-15-31(48)37(53)44-25-35(52)45-29(23-26(2)3)40(56)50-21-11-18-34(50)43(59)49-20-10-16-32(49)38(54)47-36/h6-8,13-14,26-27,29-34,36H,5,9-12,15-25H2,1-4H3,(H,44,53)(H,45,52)(H,46,55)(H,47,54)/t27-,29-,30-,31-,32-,33+,34-,36-/m0/s1. The first-order valence-electron chi connectivity index (χ1n) is 21.7. The fourth-order valence-corrected chi connectivity index (χ4v) is 9.45. The predicted molar refractivity (Wildman–Crippen MR) is 217 cm³/mol. The van der Waals surface area contributed by atoms with Crippen molar-refractivity contribution in [2.75, 3.05) is 32.7 Å². The molecular weight excluding hydrogens is 757 g/mol. The van der Waals surface area contributed by atoms with Crippen LogP contribution in [0.25, 0.3) is 0 Å². The zero-order valence-electron chi connectivity index (χ0n) is 35.0. The van der Waals surface area contributed by atoms with Crippen LogP contribution in [0.15, 0.2) is 30.3 Å². The second-order valence-corrected chi connectivity index (χ2v) is 17.3. The molecule has 0 radical (unpaired) electrons. The molecule has 0 spiro atoms. The summed E-state index contributed by atoms with van der Waals surface area (Å²) >= 11 is 0. The third-order valence-electron chi connectivity index (χ3n) is 12.8. The van der Waals surface area contributed by atoms with E-state index in [1.54, 1.807) is 0 Å². The Morgan fingerprint density at radius 3 is 1.59 bits per heavy atom. The van der Waals surface area contributed by atoms with Crippen LogP contribution in [0.5, 0.6) is 0 Å². The Morgan fingerprint density at radius 2 is 1.07 bits per heavy atom. The van der Waals surface area contributed by atoms with Crippen molar-refractivity contribution in [3.8, 4) is 0 Å². The number of benzene rings is 1. The molecule has 1 aromatic carbocycles. The minimum Gasteiger partial charge on any atom is -0.345 e. The van der Waals surface area contributed by atoms with Gasteiger partial charge in [-0.05, 0) is 75.2 Å². The van der Waals surface area contributed by atoms with Crippen LogP contribution < -0.4 is 21.3 Å². The molecule has 16 nitrogen and oxygen atoms in total. The number of nitrogens with one attached hydrogen (secondary N) is 4. The number of carbonyl (C=O) groups excluding carboxylic acids is 8. The molecule has 59 heavy (non-hydrogen) atoms. The Bertz CT molecular complexity index is 1760. The van der Waals surface area contributed by atoms with Gasteiger partial charge in [0.15, 0.2) is 0 Å². The highest BCUT2D eigenvalue weighted by molar-refractivity contribution is 5.99. The summed E-state index contributed by atoms with van der Waals surface area (Å²) in [5, 5.41) is 11.4. The molecule has 4 N–H and O–H groups in total. The zero-order valence-corrected chi connectivity index (χ0v) is 35.0. The fraction of sp³-hybridized carbons (Fsp3) is 0.674. The van der Waals surface area contributed by atoms with Gasteiger partial charge in [0, 0.05) is 32.6 Å². The molecule has 5 aliphatic heterocycles. The molecule has 8 atom stereocenters. The Balaban J connectivity index is 1.34. The monoisotopic (exact) mass is 818 g/mol. The summed E-state index contributed by atoms with van der Waals surface area (Å²) in [5.74, 6) is -3.97. The van der Waals surface area contributed by atoms with Crippen molar-refractivity contribution in [3.05, 3.63) is 35.9 Å². The van der Waals surface area contributed by atoms with Gasteiger partial charge in [0.25, 0.3) is 0 Å². The molecule has 0 unspecified atom stereocenters. The van der Waals surface area contributed by atoms with Crippen LogP contribution in [0.4, 0.5) is 0 Å². The molecule has 0 bridgehead atoms. The van der Waals surface area contributed by atoms with Gasteiger partial charge in [-0.1, -0.05) is 64.4 Å². The van der Waals surface area contributed by atoms with Crippen LogP contribution in [-0.4, -0.2) is 142 Å². The molecule has 1 aromatic rings. The summed E-state index contributed by atoms with van der Waals surface area (Å²) in [6.45, 7) is 8.39. The predicted octanol–water partition coefficient (Wildman–Crippen LogP) is 0.870. The lowest BCUT2D eigenvalue weighted by molar-refractivity contribution is -0.149. The topological polar surface area (TPSA) is 198 Å². The molecule has 0 aromatic heterocycles. The normalized spacial score (nSPS) is 29.9. The van der Waals surface area contributed by atoms with E-state index in [2.05, 4.69) is 21.3 Å². The molecule has 322 valence electrons. The number of carbonyl (C=O) groups is 8. The van der Waals surface area contributed by atoms with Gasteiger partial charge in [-0.2, -0.15) is 0 Å². The van der Waals surface area contributed by atoms with E-state index in [0.717, 1.165) is 5.56 Å². The van der Waals surface area contributed by atoms with E-state index in [4.69, 9.17) is 0 Å². The summed E-state index contributed by atoms with van der Waals surface area (Å²) in [4.78, 5) is 119. The van der Waals surface area contributed by atoms with E-state index >= 15 is 0 Å². The number of hydrogen-bond acceptors (Lipinski definition) is 8. The van der Waals surface area contributed by atoms with E-state index < -0.39 is 84.3 Å². The van der Waals surface area contributed by atoms with Crippen molar-refractivity contribution in [3.63, 3.8) is 0 Å². The van der Waals surface area contributed by atoms with Crippen molar-refractivity contribution < 1.29 is 38.4 Å². The van der Waals surface area contributed by atoms with E-state index in [1.165, 1.54) is 19.6 Å². The molecule has 5 aliphatic rings. The van der Waals surface area contributed by atoms with Crippen LogP contribution in [0.1, 0.15) is 97.5 Å². The number of amides is 8. The summed E-state index contributed by atoms with van der Waals surface area (Å²) in [6.07, 6.45) is 4.76. The highest BCUT2D eigenvalue weighted by Gasteiger charge is 2.46. The van der Waals surface area contributed by atoms with Crippen LogP contribution in [0.3, 0.4) is 0 Å². The summed E-state index contributed by atoms with van der Waals surface area (Å²) in [6, 6.07) is 2.79. The highest BCUT2D eigenvalue weighted by Crippen LogP contribution is 2.28. The number of fused-ring (bicyclic) bond motifs is 4. The minimum absolute atomic E-state index is 0.0125. The zero-order chi connectivity index (χ0) is 42.4. The van der Waals surface area contributed by atoms with Crippen molar-refractivity contribution in [2.45, 2.75) is 141 Å². The van der Waals surface area contributed by atoms with Gasteiger partial charge >= 0.3 is 0 Å². The van der Waals surface area contributed by atoms with Gasteiger partial charge in [0.2, 0.25) is 47.3 Å². The lowest BCUT2D eigenvalue weighted by Gasteiger charge is -2.35. The Morgan fingerprint density at radius 1 is 0.576 bits per heavy atom. The average molecular weight is 819 g/mol. The molecular formula is C43H62N8O8. The smallest absolute Gasteiger partial charge is 0.246 e. The van der Waals surface area contributed by atoms with E-state index in [1.807, 2.05) is 58.0 Å². The van der Waals surface area contributed by atoms with Crippen LogP contribution in [-0.2, 0) is 44.8 Å². The average Bonchev–Trinajstić information content (AvgIpc) is 4.07. The van der Waals surface area contributed by atoms with Crippen molar-refractivity contribution in [1.29, 1.82) is 0 Å². The molecule has 5 heterocycles. The van der Waals surface area contributed by atoms with Crippen LogP contribution in [0.2, 0.25) is 0 Å². The lowest BCUT2D eigenvalue weighted by atomic mass is 9.96. The summed E-state index contributed by atoms with van der Waals surface area (Å²) in [5.41, 5.74) is 0.792. The van der Waals surface area contributed by atoms with Crippen molar-refractivity contribution in [2.24, 2.45) is 11.8 Å². The van der Waals surface area contributed by atoms with E-state index in [0.29, 0.717) is 83.8 Å². The first kappa shape index (κ1) is 43.6. The van der Waals surface area contributed by atoms with Crippen LogP contribution >= 0.6 is 0 Å². The molecule has 8 amide bonds. The molecule has 6 rings (SSSR count). The van der Waals surface area contributed by atoms with Gasteiger partial charge in [-0.25, -0.2) is 0 Å². The number of rotatable bonds is 6. The molecule has 5 saturated heterocycles. The third kappa shape index (κ3) is 9.89. The summed E-state index contributed by atoms with van der Waals surface area (Å²) in [7, 11) is 0. The fourth-order valence-electron chi connectivity index (χ4n) is 9.45. The third-order valence-corrected chi connectivity index (χ3v) is 12.8. The SMILES string of the molecule is CC[C@H](C)[C@@H]1NC(=O)[C@@H]2CCCN2C(=O)[C@@H]2CCCN2C(=O)[C@H](CC(C)C)NC(=O)CNC(=O)[C@@H]2CCCN2C(=O)[C@H]2CCCN2C(=O)[C@H](Cc2ccccc2)NC1=O. The molecule has 0 aliphatic carbocycles. The number of nitrogens with zero attached hydrogens (tertiary/aromatic N) is 4. The van der Waals surface area contributed by atoms with Crippen LogP contribution in [0, 0.1) is 11.8 Å². The summed E-state index contributed by atoms with van der Waals surface area (Å²) < 4.78 is 0. The first-order valence-corrected chi connectivity index (χ1v) is 21.7. The largest absolute Gasteiger partial charge is 0.345 e. The van der Waals surface area contributed by atoms with Crippen molar-refractivity contribution >= 4 is 47.3 Å². The van der Waals surface area contributed by atoms with Gasteiger partial charge in [-0.15, -0.1) is 0 Å². The van der Waals surface area contributed by atoms with Gasteiger partial charge < -0.3 is 40.9 Å². The maximum absolute atomic E-state index is 14.6. The Labute approximate surface area is 346 Å². The molecule has 16 heteroatoms. The quantitative estimate of drug-likeness (QED) is 0.325. The number of hydrogen-bond donors (Lipinski definition) is 4. The van der Waals surface area contributed by atoms with Gasteiger partial charge in [0.1, 0.15) is 42.3 Å².